The molecule has 7 rings (SSSR count). The third kappa shape index (κ3) is 4.53. The maximum Gasteiger partial charge on any atom is 0.260 e. The molecule has 1 saturated carbocycles. The maximum atomic E-state index is 15.2. The van der Waals surface area contributed by atoms with Crippen molar-refractivity contribution in [3.63, 3.8) is 0 Å². The lowest BCUT2D eigenvalue weighted by Crippen LogP contribution is -2.53. The summed E-state index contributed by atoms with van der Waals surface area (Å²) >= 11 is 12.6. The van der Waals surface area contributed by atoms with Crippen LogP contribution in [0.25, 0.3) is 0 Å². The number of amides is 4. The fraction of sp³-hybridized carbons (Fsp3) is 0.333. The molecule has 0 aromatic heterocycles. The van der Waals surface area contributed by atoms with Crippen LogP contribution in [0.3, 0.4) is 0 Å². The Kier molecular flexibility index (Phi) is 7.91. The lowest BCUT2D eigenvalue weighted by Gasteiger charge is -2.50. The van der Waals surface area contributed by atoms with E-state index in [1.165, 1.54) is 18.1 Å². The number of phenols is 1. The van der Waals surface area contributed by atoms with Crippen LogP contribution in [-0.4, -0.2) is 59.4 Å². The van der Waals surface area contributed by atoms with Crippen LogP contribution in [0.15, 0.2) is 72.3 Å². The summed E-state index contributed by atoms with van der Waals surface area (Å²) < 4.78 is 10.8. The predicted octanol–water partition coefficient (Wildman–Crippen LogP) is 5.72. The quantitative estimate of drug-likeness (QED) is 0.238. The highest BCUT2D eigenvalue weighted by molar-refractivity contribution is 6.36. The molecule has 6 unspecified atom stereocenters. The van der Waals surface area contributed by atoms with E-state index in [0.717, 1.165) is 10.6 Å². The summed E-state index contributed by atoms with van der Waals surface area (Å²) in [6.07, 6.45) is 2.42. The van der Waals surface area contributed by atoms with Crippen molar-refractivity contribution in [2.45, 2.75) is 31.1 Å². The van der Waals surface area contributed by atoms with Crippen molar-refractivity contribution in [3.05, 3.63) is 93.5 Å². The summed E-state index contributed by atoms with van der Waals surface area (Å²) in [7, 11) is 2.98. The summed E-state index contributed by atoms with van der Waals surface area (Å²) in [6.45, 7) is 2.02. The number of methoxy groups -OCH3 is 2. The number of phenolic OH excluding ortho intramolecular Hbond substituents is 1. The third-order valence-corrected chi connectivity index (χ3v) is 11.1. The number of hydrazine groups is 1. The highest BCUT2D eigenvalue weighted by Crippen LogP contribution is 2.64. The minimum Gasteiger partial charge on any atom is -0.504 e. The van der Waals surface area contributed by atoms with Crippen LogP contribution in [0.4, 0.5) is 5.69 Å². The van der Waals surface area contributed by atoms with Crippen LogP contribution >= 0.6 is 23.2 Å². The summed E-state index contributed by atoms with van der Waals surface area (Å²) in [5, 5.41) is 12.6. The van der Waals surface area contributed by atoms with Gasteiger partial charge in [-0.15, -0.1) is 0 Å². The number of allylic oxidation sites excluding steroid dienone is 2. The van der Waals surface area contributed by atoms with Crippen LogP contribution in [0.2, 0.25) is 10.0 Å². The Morgan fingerprint density at radius 3 is 2.31 bits per heavy atom. The molecule has 4 amide bonds. The number of anilines is 1. The second kappa shape index (κ2) is 11.9. The Morgan fingerprint density at radius 2 is 1.67 bits per heavy atom. The number of ether oxygens (including phenoxy) is 2. The van der Waals surface area contributed by atoms with Crippen molar-refractivity contribution >= 4 is 52.5 Å². The van der Waals surface area contributed by atoms with Gasteiger partial charge >= 0.3 is 0 Å². The molecule has 0 bridgehead atoms. The van der Waals surface area contributed by atoms with E-state index >= 15 is 4.79 Å². The van der Waals surface area contributed by atoms with Crippen molar-refractivity contribution < 1.29 is 33.8 Å². The molecule has 6 atom stereocenters. The van der Waals surface area contributed by atoms with E-state index in [9.17, 15) is 19.5 Å². The molecule has 48 heavy (non-hydrogen) atoms. The van der Waals surface area contributed by atoms with Crippen LogP contribution in [0.1, 0.15) is 36.8 Å². The van der Waals surface area contributed by atoms with Gasteiger partial charge in [-0.2, -0.15) is 5.01 Å². The SMILES string of the molecule is CCN1C(=O)C2CC=C3C(CC4C(=O)N(Nc5ccc(Cl)cc5Cl)C(=O)C4(c4ccc(OC)cc4)C3c3ccc(OC)c(O)c3)C2C1=O. The Balaban J connectivity index is 1.47. The molecule has 2 aliphatic heterocycles. The number of fused-ring (bicyclic) bond motifs is 4. The van der Waals surface area contributed by atoms with Gasteiger partial charge in [-0.05, 0) is 79.3 Å². The number of carbonyl (C=O) groups is 4. The normalized spacial score (nSPS) is 27.8. The van der Waals surface area contributed by atoms with Gasteiger partial charge in [-0.3, -0.25) is 29.5 Å². The first-order valence-electron chi connectivity index (χ1n) is 15.7. The Bertz CT molecular complexity index is 1900. The van der Waals surface area contributed by atoms with Crippen molar-refractivity contribution in [2.24, 2.45) is 23.7 Å². The second-order valence-corrected chi connectivity index (χ2v) is 13.4. The molecule has 0 radical (unpaired) electrons. The van der Waals surface area contributed by atoms with Gasteiger partial charge in [0.05, 0.1) is 48.1 Å². The van der Waals surface area contributed by atoms with Gasteiger partial charge in [0, 0.05) is 17.5 Å². The molecule has 10 nitrogen and oxygen atoms in total. The van der Waals surface area contributed by atoms with Crippen LogP contribution in [-0.2, 0) is 24.6 Å². The summed E-state index contributed by atoms with van der Waals surface area (Å²) in [6, 6.07) is 16.7. The maximum absolute atomic E-state index is 15.2. The highest BCUT2D eigenvalue weighted by Gasteiger charge is 2.70. The summed E-state index contributed by atoms with van der Waals surface area (Å²) in [4.78, 5) is 58.5. The first kappa shape index (κ1) is 32.0. The zero-order valence-corrected chi connectivity index (χ0v) is 27.9. The first-order valence-corrected chi connectivity index (χ1v) is 16.5. The summed E-state index contributed by atoms with van der Waals surface area (Å²) in [5.41, 5.74) is 3.64. The third-order valence-electron chi connectivity index (χ3n) is 10.5. The molecule has 0 spiro atoms. The average Bonchev–Trinajstić information content (AvgIpc) is 3.46. The van der Waals surface area contributed by atoms with Gasteiger partial charge in [0.1, 0.15) is 5.75 Å². The largest absolute Gasteiger partial charge is 0.504 e. The van der Waals surface area contributed by atoms with Crippen molar-refractivity contribution in [2.75, 3.05) is 26.2 Å². The number of aromatic hydroxyl groups is 1. The van der Waals surface area contributed by atoms with Gasteiger partial charge in [-0.1, -0.05) is 53.1 Å². The molecule has 2 N–H and O–H groups in total. The molecule has 2 heterocycles. The second-order valence-electron chi connectivity index (χ2n) is 12.6. The number of carbonyl (C=O) groups excluding carboxylic acids is 4. The Labute approximate surface area is 287 Å². The molecule has 2 saturated heterocycles. The minimum absolute atomic E-state index is 0.142. The fourth-order valence-electron chi connectivity index (χ4n) is 8.48. The van der Waals surface area contributed by atoms with Gasteiger partial charge in [0.2, 0.25) is 11.8 Å². The molecule has 12 heteroatoms. The number of rotatable bonds is 7. The molecule has 248 valence electrons. The molecule has 3 aromatic rings. The number of imide groups is 2. The van der Waals surface area contributed by atoms with E-state index in [2.05, 4.69) is 5.43 Å². The van der Waals surface area contributed by atoms with Gasteiger partial charge in [-0.25, -0.2) is 0 Å². The standard InChI is InChI=1S/C36H33Cl2N3O7/c1-4-40-32(43)23-12-11-22-24(30(23)34(40)45)17-25-33(44)41(39-27-13-8-20(37)16-26(27)38)35(46)36(25,19-6-9-21(47-2)10-7-19)31(22)18-5-14-29(48-3)28(42)15-18/h5-11,13-16,23-25,30-31,39,42H,4,12,17H2,1-3H3. The number of nitrogens with zero attached hydrogens (tertiary/aromatic N) is 2. The molecule has 3 fully saturated rings. The van der Waals surface area contributed by atoms with E-state index in [-0.39, 0.29) is 41.3 Å². The minimum atomic E-state index is -1.53. The van der Waals surface area contributed by atoms with E-state index < -0.39 is 46.8 Å². The van der Waals surface area contributed by atoms with Crippen LogP contribution in [0, 0.1) is 23.7 Å². The first-order chi connectivity index (χ1) is 23.1. The Morgan fingerprint density at radius 1 is 0.917 bits per heavy atom. The zero-order chi connectivity index (χ0) is 34.1. The lowest BCUT2D eigenvalue weighted by molar-refractivity contribution is -0.141. The van der Waals surface area contributed by atoms with Crippen LogP contribution in [0.5, 0.6) is 17.2 Å². The number of benzene rings is 3. The average molecular weight is 691 g/mol. The highest BCUT2D eigenvalue weighted by atomic mass is 35.5. The number of nitrogens with one attached hydrogen (secondary N) is 1. The summed E-state index contributed by atoms with van der Waals surface area (Å²) in [5.74, 6) is -4.39. The van der Waals surface area contributed by atoms with E-state index in [1.54, 1.807) is 68.6 Å². The van der Waals surface area contributed by atoms with E-state index in [4.69, 9.17) is 32.7 Å². The molecule has 2 aliphatic carbocycles. The molecular formula is C36H33Cl2N3O7. The zero-order valence-electron chi connectivity index (χ0n) is 26.4. The van der Waals surface area contributed by atoms with Crippen LogP contribution < -0.4 is 14.9 Å². The van der Waals surface area contributed by atoms with E-state index in [1.807, 2.05) is 6.08 Å². The molecular weight excluding hydrogens is 657 g/mol. The van der Waals surface area contributed by atoms with Crippen molar-refractivity contribution in [1.29, 1.82) is 0 Å². The lowest BCUT2D eigenvalue weighted by atomic mass is 9.49. The smallest absolute Gasteiger partial charge is 0.260 e. The van der Waals surface area contributed by atoms with Gasteiger partial charge in [0.15, 0.2) is 11.5 Å². The number of likely N-dealkylation sites (tertiary alicyclic amines) is 1. The van der Waals surface area contributed by atoms with Gasteiger partial charge in [0.25, 0.3) is 11.8 Å². The topological polar surface area (TPSA) is 125 Å². The van der Waals surface area contributed by atoms with E-state index in [0.29, 0.717) is 34.0 Å². The monoisotopic (exact) mass is 689 g/mol. The number of halogens is 2. The molecule has 4 aliphatic rings. The van der Waals surface area contributed by atoms with Crippen molar-refractivity contribution in [3.8, 4) is 17.2 Å². The molecule has 3 aromatic carbocycles. The van der Waals surface area contributed by atoms with Gasteiger partial charge < -0.3 is 14.6 Å². The predicted molar refractivity (Wildman–Crippen MR) is 178 cm³/mol. The number of hydrogen-bond donors (Lipinski definition) is 2. The van der Waals surface area contributed by atoms with Crippen molar-refractivity contribution in [1.82, 2.24) is 9.91 Å². The number of hydrogen-bond acceptors (Lipinski definition) is 8. The fourth-order valence-corrected chi connectivity index (χ4v) is 8.93. The Hall–Kier alpha value is -4.54.